The van der Waals surface area contributed by atoms with Gasteiger partial charge in [0.05, 0.1) is 36.5 Å². The molecule has 1 aromatic carbocycles. The number of hydrogen-bond donors (Lipinski definition) is 3. The van der Waals surface area contributed by atoms with E-state index in [1.54, 1.807) is 29.8 Å². The maximum Gasteiger partial charge on any atom is 0.268 e. The van der Waals surface area contributed by atoms with Crippen molar-refractivity contribution in [2.24, 2.45) is 0 Å². The summed E-state index contributed by atoms with van der Waals surface area (Å²) in [6.07, 6.45) is 1.65. The molecule has 0 aliphatic heterocycles. The fourth-order valence-corrected chi connectivity index (χ4v) is 4.15. The summed E-state index contributed by atoms with van der Waals surface area (Å²) in [6.45, 7) is 8.10. The molecule has 3 aromatic heterocycles. The molecule has 1 amide bonds. The van der Waals surface area contributed by atoms with Crippen LogP contribution in [0.25, 0.3) is 16.6 Å². The van der Waals surface area contributed by atoms with E-state index in [0.29, 0.717) is 29.3 Å². The number of benzene rings is 1. The van der Waals surface area contributed by atoms with Crippen molar-refractivity contribution in [3.63, 3.8) is 0 Å². The van der Waals surface area contributed by atoms with Gasteiger partial charge in [-0.3, -0.25) is 14.0 Å². The molecule has 4 aromatic rings. The molecule has 0 aliphatic rings. The zero-order valence-electron chi connectivity index (χ0n) is 20.4. The van der Waals surface area contributed by atoms with Crippen molar-refractivity contribution in [1.29, 1.82) is 0 Å². The summed E-state index contributed by atoms with van der Waals surface area (Å²) in [6, 6.07) is 13.1. The Labute approximate surface area is 203 Å². The van der Waals surface area contributed by atoms with Crippen LogP contribution in [0.3, 0.4) is 0 Å². The van der Waals surface area contributed by atoms with Crippen LogP contribution in [0.15, 0.2) is 53.6 Å². The van der Waals surface area contributed by atoms with Gasteiger partial charge < -0.3 is 20.1 Å². The first-order valence-corrected chi connectivity index (χ1v) is 11.7. The number of carbonyl (C=O) groups is 1. The van der Waals surface area contributed by atoms with Crippen LogP contribution in [-0.4, -0.2) is 32.0 Å². The Morgan fingerprint density at radius 2 is 2.00 bits per heavy atom. The first kappa shape index (κ1) is 24.2. The van der Waals surface area contributed by atoms with E-state index < -0.39 is 0 Å². The Balaban J connectivity index is 1.76. The van der Waals surface area contributed by atoms with Gasteiger partial charge in [-0.1, -0.05) is 32.0 Å². The van der Waals surface area contributed by atoms with Crippen LogP contribution in [0, 0.1) is 6.92 Å². The Hall–Kier alpha value is -3.91. The monoisotopic (exact) mass is 474 g/mol. The van der Waals surface area contributed by atoms with Crippen molar-refractivity contribution >= 4 is 11.4 Å². The Kier molecular flexibility index (Phi) is 7.02. The molecule has 0 atom stereocenters. The highest BCUT2D eigenvalue weighted by Gasteiger charge is 2.19. The van der Waals surface area contributed by atoms with E-state index in [1.165, 1.54) is 0 Å². The third-order valence-corrected chi connectivity index (χ3v) is 5.86. The van der Waals surface area contributed by atoms with Gasteiger partial charge >= 0.3 is 0 Å². The van der Waals surface area contributed by atoms with Crippen molar-refractivity contribution in [3.8, 4) is 16.9 Å². The van der Waals surface area contributed by atoms with Gasteiger partial charge in [0.25, 0.3) is 11.5 Å². The lowest BCUT2D eigenvalue weighted by Crippen LogP contribution is -2.29. The SMILES string of the molecule is CCOc1cc(C)[nH]c(=O)c1CNC(=O)c1cc(-c2cccc(CO)c2)cc2c(C(C)C)ncn12. The number of aryl methyl sites for hydroxylation is 1. The average molecular weight is 475 g/mol. The average Bonchev–Trinajstić information content (AvgIpc) is 3.27. The van der Waals surface area contributed by atoms with E-state index in [4.69, 9.17) is 4.74 Å². The molecular weight excluding hydrogens is 444 g/mol. The summed E-state index contributed by atoms with van der Waals surface area (Å²) in [4.78, 5) is 33.3. The second-order valence-electron chi connectivity index (χ2n) is 8.77. The van der Waals surface area contributed by atoms with E-state index in [2.05, 4.69) is 29.1 Å². The quantitative estimate of drug-likeness (QED) is 0.358. The van der Waals surface area contributed by atoms with Gasteiger partial charge in [0.2, 0.25) is 0 Å². The second kappa shape index (κ2) is 10.1. The number of aromatic nitrogens is 3. The first-order valence-electron chi connectivity index (χ1n) is 11.7. The molecule has 0 saturated carbocycles. The minimum atomic E-state index is -0.342. The summed E-state index contributed by atoms with van der Waals surface area (Å²) in [5, 5.41) is 12.4. The van der Waals surface area contributed by atoms with Crippen LogP contribution in [0.1, 0.15) is 59.7 Å². The number of H-pyrrole nitrogens is 1. The minimum absolute atomic E-state index is 0.0151. The maximum absolute atomic E-state index is 13.4. The van der Waals surface area contributed by atoms with Gasteiger partial charge in [0, 0.05) is 5.69 Å². The van der Waals surface area contributed by atoms with Crippen LogP contribution >= 0.6 is 0 Å². The number of aliphatic hydroxyl groups is 1. The number of nitrogens with one attached hydrogen (secondary N) is 2. The highest BCUT2D eigenvalue weighted by Crippen LogP contribution is 2.28. The van der Waals surface area contributed by atoms with E-state index in [1.807, 2.05) is 37.3 Å². The number of aromatic amines is 1. The highest BCUT2D eigenvalue weighted by molar-refractivity contribution is 5.95. The van der Waals surface area contributed by atoms with Crippen molar-refractivity contribution < 1.29 is 14.6 Å². The minimum Gasteiger partial charge on any atom is -0.493 e. The number of aliphatic hydroxyl groups excluding tert-OH is 1. The lowest BCUT2D eigenvalue weighted by molar-refractivity contribution is 0.0944. The first-order chi connectivity index (χ1) is 16.8. The van der Waals surface area contributed by atoms with Crippen LogP contribution in [-0.2, 0) is 13.2 Å². The highest BCUT2D eigenvalue weighted by atomic mass is 16.5. The fraction of sp³-hybridized carbons (Fsp3) is 0.296. The summed E-state index contributed by atoms with van der Waals surface area (Å²) in [7, 11) is 0. The van der Waals surface area contributed by atoms with Crippen LogP contribution < -0.4 is 15.6 Å². The number of nitrogens with zero attached hydrogens (tertiary/aromatic N) is 2. The molecule has 8 heteroatoms. The van der Waals surface area contributed by atoms with Gasteiger partial charge in [0.15, 0.2) is 0 Å². The number of carbonyl (C=O) groups excluding carboxylic acids is 1. The summed E-state index contributed by atoms with van der Waals surface area (Å²) < 4.78 is 7.40. The van der Waals surface area contributed by atoms with Crippen LogP contribution in [0.4, 0.5) is 0 Å². The molecule has 0 fully saturated rings. The maximum atomic E-state index is 13.4. The zero-order chi connectivity index (χ0) is 25.1. The van der Waals surface area contributed by atoms with E-state index >= 15 is 0 Å². The van der Waals surface area contributed by atoms with Gasteiger partial charge in [-0.25, -0.2) is 4.98 Å². The van der Waals surface area contributed by atoms with Gasteiger partial charge in [-0.15, -0.1) is 0 Å². The van der Waals surface area contributed by atoms with Gasteiger partial charge in [-0.2, -0.15) is 0 Å². The van der Waals surface area contributed by atoms with Crippen molar-refractivity contribution in [2.75, 3.05) is 6.61 Å². The lowest BCUT2D eigenvalue weighted by Gasteiger charge is -2.14. The van der Waals surface area contributed by atoms with E-state index in [-0.39, 0.29) is 30.5 Å². The summed E-state index contributed by atoms with van der Waals surface area (Å²) in [5.74, 6) is 0.276. The summed E-state index contributed by atoms with van der Waals surface area (Å²) >= 11 is 0. The molecule has 8 nitrogen and oxygen atoms in total. The number of ether oxygens (including phenoxy) is 1. The summed E-state index contributed by atoms with van der Waals surface area (Å²) in [5.41, 5.74) is 5.38. The standard InChI is InChI=1S/C27H30N4O4/c1-5-35-24-9-17(4)30-26(33)21(24)13-28-27(34)23-12-20(19-8-6-7-18(10-19)14-32)11-22-25(16(2)3)29-15-31(22)23/h6-12,15-16,32H,5,13-14H2,1-4H3,(H,28,34)(H,30,33). The van der Waals surface area contributed by atoms with Crippen molar-refractivity contribution in [3.05, 3.63) is 87.4 Å². The predicted octanol–water partition coefficient (Wildman–Crippen LogP) is 3.94. The topological polar surface area (TPSA) is 109 Å². The molecule has 35 heavy (non-hydrogen) atoms. The fourth-order valence-electron chi connectivity index (χ4n) is 4.15. The number of hydrogen-bond acceptors (Lipinski definition) is 5. The second-order valence-corrected chi connectivity index (χ2v) is 8.77. The molecule has 0 saturated heterocycles. The molecule has 3 N–H and O–H groups in total. The Morgan fingerprint density at radius 1 is 1.20 bits per heavy atom. The number of rotatable bonds is 8. The number of imidazole rings is 1. The molecule has 0 spiro atoms. The largest absolute Gasteiger partial charge is 0.493 e. The van der Waals surface area contributed by atoms with Crippen LogP contribution in [0.2, 0.25) is 0 Å². The smallest absolute Gasteiger partial charge is 0.268 e. The van der Waals surface area contributed by atoms with Gasteiger partial charge in [0.1, 0.15) is 17.8 Å². The third kappa shape index (κ3) is 4.97. The molecule has 0 unspecified atom stereocenters. The van der Waals surface area contributed by atoms with Crippen LogP contribution in [0.5, 0.6) is 5.75 Å². The number of amides is 1. The van der Waals surface area contributed by atoms with E-state index in [0.717, 1.165) is 27.9 Å². The zero-order valence-corrected chi connectivity index (χ0v) is 20.4. The third-order valence-electron chi connectivity index (χ3n) is 5.86. The molecule has 0 aliphatic carbocycles. The number of pyridine rings is 2. The van der Waals surface area contributed by atoms with Gasteiger partial charge in [-0.05, 0) is 60.7 Å². The molecule has 182 valence electrons. The molecule has 0 bridgehead atoms. The Morgan fingerprint density at radius 3 is 2.71 bits per heavy atom. The Bertz CT molecular complexity index is 1440. The predicted molar refractivity (Wildman–Crippen MR) is 135 cm³/mol. The number of fused-ring (bicyclic) bond motifs is 1. The van der Waals surface area contributed by atoms with E-state index in [9.17, 15) is 14.7 Å². The molecule has 4 rings (SSSR count). The molecular formula is C27H30N4O4. The van der Waals surface area contributed by atoms with Crippen molar-refractivity contribution in [2.45, 2.75) is 46.8 Å². The normalized spacial score (nSPS) is 11.3. The molecule has 0 radical (unpaired) electrons. The lowest BCUT2D eigenvalue weighted by atomic mass is 10.0. The molecule has 3 heterocycles. The van der Waals surface area contributed by atoms with Crippen molar-refractivity contribution in [1.82, 2.24) is 19.7 Å².